The van der Waals surface area contributed by atoms with Gasteiger partial charge in [0, 0.05) is 11.4 Å². The molecule has 0 heterocycles. The van der Waals surface area contributed by atoms with Crippen molar-refractivity contribution in [2.45, 2.75) is 4.90 Å². The molecule has 116 valence electrons. The van der Waals surface area contributed by atoms with Gasteiger partial charge < -0.3 is 10.6 Å². The molecule has 0 aromatic heterocycles. The van der Waals surface area contributed by atoms with Crippen molar-refractivity contribution in [3.63, 3.8) is 0 Å². The Bertz CT molecular complexity index is 807. The predicted molar refractivity (Wildman–Crippen MR) is 85.4 cm³/mol. The lowest BCUT2D eigenvalue weighted by molar-refractivity contribution is 0.262. The molecule has 0 saturated carbocycles. The fourth-order valence-electron chi connectivity index (χ4n) is 1.58. The summed E-state index contributed by atoms with van der Waals surface area (Å²) in [6.07, 6.45) is 0. The van der Waals surface area contributed by atoms with Crippen molar-refractivity contribution in [1.29, 1.82) is 0 Å². The highest BCUT2D eigenvalue weighted by Gasteiger charge is 2.09. The van der Waals surface area contributed by atoms with Crippen LogP contribution in [0.5, 0.6) is 0 Å². The third kappa shape index (κ3) is 4.35. The van der Waals surface area contributed by atoms with Crippen molar-refractivity contribution >= 4 is 50.7 Å². The molecule has 0 spiro atoms. The van der Waals surface area contributed by atoms with E-state index in [1.807, 2.05) is 0 Å². The Morgan fingerprint density at radius 1 is 0.909 bits per heavy atom. The van der Waals surface area contributed by atoms with E-state index in [1.54, 1.807) is 12.1 Å². The molecular weight excluding hydrogens is 351 g/mol. The van der Waals surface area contributed by atoms with Crippen LogP contribution in [0.15, 0.2) is 47.4 Å². The minimum atomic E-state index is -4.26. The maximum Gasteiger partial charge on any atom is 0.323 e. The average molecular weight is 361 g/mol. The number of nitrogens with one attached hydrogen (secondary N) is 2. The number of hydrogen-bond donors (Lipinski definition) is 3. The van der Waals surface area contributed by atoms with Gasteiger partial charge in [-0.25, -0.2) is 4.79 Å². The zero-order valence-electron chi connectivity index (χ0n) is 10.9. The number of carbonyl (C=O) groups excluding carboxylic acids is 1. The quantitative estimate of drug-likeness (QED) is 0.723. The van der Waals surface area contributed by atoms with Gasteiger partial charge in [0.2, 0.25) is 0 Å². The smallest absolute Gasteiger partial charge is 0.308 e. The SMILES string of the molecule is O=C(Nc1ccc(S(=O)(=O)O)cc1)Nc1ccc(Cl)c(Cl)c1. The molecular formula is C13H10Cl2N2O4S. The second kappa shape index (κ2) is 6.53. The van der Waals surface area contributed by atoms with Gasteiger partial charge in [-0.3, -0.25) is 4.55 Å². The Morgan fingerprint density at radius 3 is 2.00 bits per heavy atom. The molecule has 2 rings (SSSR count). The zero-order valence-corrected chi connectivity index (χ0v) is 13.2. The molecule has 0 fully saturated rings. The third-order valence-corrected chi connectivity index (χ3v) is 4.19. The average Bonchev–Trinajstić information content (AvgIpc) is 2.42. The Morgan fingerprint density at radius 2 is 1.45 bits per heavy atom. The van der Waals surface area contributed by atoms with Gasteiger partial charge in [0.1, 0.15) is 0 Å². The van der Waals surface area contributed by atoms with E-state index in [4.69, 9.17) is 27.8 Å². The topological polar surface area (TPSA) is 95.5 Å². The van der Waals surface area contributed by atoms with E-state index in [9.17, 15) is 13.2 Å². The first kappa shape index (κ1) is 16.6. The molecule has 22 heavy (non-hydrogen) atoms. The van der Waals surface area contributed by atoms with Gasteiger partial charge in [-0.1, -0.05) is 23.2 Å². The number of amides is 2. The molecule has 0 unspecified atom stereocenters. The summed E-state index contributed by atoms with van der Waals surface area (Å²) in [4.78, 5) is 11.5. The summed E-state index contributed by atoms with van der Waals surface area (Å²) < 4.78 is 30.7. The van der Waals surface area contributed by atoms with Crippen LogP contribution < -0.4 is 10.6 Å². The van der Waals surface area contributed by atoms with E-state index in [0.717, 1.165) is 0 Å². The summed E-state index contributed by atoms with van der Waals surface area (Å²) in [6, 6.07) is 9.10. The van der Waals surface area contributed by atoms with Crippen molar-refractivity contribution in [2.75, 3.05) is 10.6 Å². The number of rotatable bonds is 3. The molecule has 9 heteroatoms. The van der Waals surface area contributed by atoms with E-state index in [0.29, 0.717) is 21.4 Å². The highest BCUT2D eigenvalue weighted by Crippen LogP contribution is 2.25. The summed E-state index contributed by atoms with van der Waals surface area (Å²) in [6.45, 7) is 0. The number of hydrogen-bond acceptors (Lipinski definition) is 3. The van der Waals surface area contributed by atoms with Crippen LogP contribution in [-0.4, -0.2) is 19.0 Å². The molecule has 6 nitrogen and oxygen atoms in total. The van der Waals surface area contributed by atoms with Gasteiger partial charge in [-0.05, 0) is 42.5 Å². The number of benzene rings is 2. The predicted octanol–water partition coefficient (Wildman–Crippen LogP) is 3.88. The summed E-state index contributed by atoms with van der Waals surface area (Å²) in [5.74, 6) is 0. The monoisotopic (exact) mass is 360 g/mol. The van der Waals surface area contributed by atoms with E-state index < -0.39 is 16.1 Å². The normalized spacial score (nSPS) is 11.0. The maximum atomic E-state index is 11.8. The fourth-order valence-corrected chi connectivity index (χ4v) is 2.36. The minimum absolute atomic E-state index is 0.261. The van der Waals surface area contributed by atoms with E-state index >= 15 is 0 Å². The lowest BCUT2D eigenvalue weighted by Gasteiger charge is -2.08. The van der Waals surface area contributed by atoms with Gasteiger partial charge in [0.25, 0.3) is 10.1 Å². The Labute approximate surface area is 136 Å². The molecule has 0 aliphatic rings. The second-order valence-corrected chi connectivity index (χ2v) is 6.44. The molecule has 0 aliphatic heterocycles. The number of anilines is 2. The van der Waals surface area contributed by atoms with Crippen LogP contribution in [0.1, 0.15) is 0 Å². The van der Waals surface area contributed by atoms with Crippen molar-refractivity contribution in [3.8, 4) is 0 Å². The maximum absolute atomic E-state index is 11.8. The van der Waals surface area contributed by atoms with Crippen LogP contribution in [0.3, 0.4) is 0 Å². The molecule has 0 radical (unpaired) electrons. The first-order valence-electron chi connectivity index (χ1n) is 5.86. The Kier molecular flexibility index (Phi) is 4.92. The molecule has 0 saturated heterocycles. The first-order valence-corrected chi connectivity index (χ1v) is 8.06. The van der Waals surface area contributed by atoms with E-state index in [2.05, 4.69) is 10.6 Å². The van der Waals surface area contributed by atoms with Gasteiger partial charge in [0.05, 0.1) is 14.9 Å². The third-order valence-electron chi connectivity index (χ3n) is 2.59. The van der Waals surface area contributed by atoms with Crippen LogP contribution in [0.2, 0.25) is 10.0 Å². The van der Waals surface area contributed by atoms with Gasteiger partial charge in [-0.15, -0.1) is 0 Å². The van der Waals surface area contributed by atoms with E-state index in [-0.39, 0.29) is 4.90 Å². The molecule has 0 aliphatic carbocycles. The molecule has 0 bridgehead atoms. The van der Waals surface area contributed by atoms with Crippen LogP contribution >= 0.6 is 23.2 Å². The van der Waals surface area contributed by atoms with Gasteiger partial charge in [-0.2, -0.15) is 8.42 Å². The van der Waals surface area contributed by atoms with Crippen LogP contribution in [-0.2, 0) is 10.1 Å². The van der Waals surface area contributed by atoms with Gasteiger partial charge in [0.15, 0.2) is 0 Å². The first-order chi connectivity index (χ1) is 10.3. The number of halogens is 2. The molecule has 0 atom stereocenters. The summed E-state index contributed by atoms with van der Waals surface area (Å²) in [5, 5.41) is 5.71. The standard InChI is InChI=1S/C13H10Cl2N2O4S/c14-11-6-3-9(7-12(11)15)17-13(18)16-8-1-4-10(5-2-8)22(19,20)21/h1-7H,(H2,16,17,18)(H,19,20,21). The number of carbonyl (C=O) groups is 1. The summed E-state index contributed by atoms with van der Waals surface area (Å²) >= 11 is 11.6. The Balaban J connectivity index is 2.04. The minimum Gasteiger partial charge on any atom is -0.308 e. The van der Waals surface area contributed by atoms with Crippen LogP contribution in [0.25, 0.3) is 0 Å². The van der Waals surface area contributed by atoms with Crippen molar-refractivity contribution in [3.05, 3.63) is 52.5 Å². The van der Waals surface area contributed by atoms with Crippen LogP contribution in [0, 0.1) is 0 Å². The van der Waals surface area contributed by atoms with Gasteiger partial charge >= 0.3 is 6.03 Å². The Hall–Kier alpha value is -1.80. The molecule has 3 N–H and O–H groups in total. The van der Waals surface area contributed by atoms with Crippen LogP contribution in [0.4, 0.5) is 16.2 Å². The largest absolute Gasteiger partial charge is 0.323 e. The van der Waals surface area contributed by atoms with Crippen molar-refractivity contribution < 1.29 is 17.8 Å². The molecule has 2 aromatic rings. The molecule has 2 amide bonds. The van der Waals surface area contributed by atoms with Crippen molar-refractivity contribution in [2.24, 2.45) is 0 Å². The van der Waals surface area contributed by atoms with Crippen molar-refractivity contribution in [1.82, 2.24) is 0 Å². The molecule has 2 aromatic carbocycles. The second-order valence-electron chi connectivity index (χ2n) is 4.21. The zero-order chi connectivity index (χ0) is 16.3. The number of urea groups is 1. The van der Waals surface area contributed by atoms with E-state index in [1.165, 1.54) is 30.3 Å². The highest BCUT2D eigenvalue weighted by molar-refractivity contribution is 7.85. The lowest BCUT2D eigenvalue weighted by atomic mass is 10.3. The summed E-state index contributed by atoms with van der Waals surface area (Å²) in [7, 11) is -4.26. The fraction of sp³-hybridized carbons (Fsp3) is 0. The highest BCUT2D eigenvalue weighted by atomic mass is 35.5. The summed E-state index contributed by atoms with van der Waals surface area (Å²) in [5.41, 5.74) is 0.798. The lowest BCUT2D eigenvalue weighted by Crippen LogP contribution is -2.19.